The minimum absolute atomic E-state index is 0.219. The van der Waals surface area contributed by atoms with Crippen LogP contribution in [0.15, 0.2) is 39.4 Å². The Balaban J connectivity index is 1.51. The molecule has 0 aliphatic carbocycles. The number of nitrogens with zero attached hydrogens (tertiary/aromatic N) is 2. The zero-order valence-corrected chi connectivity index (χ0v) is 15.0. The van der Waals surface area contributed by atoms with Gasteiger partial charge >= 0.3 is 6.03 Å². The Bertz CT molecular complexity index is 725. The van der Waals surface area contributed by atoms with E-state index in [2.05, 4.69) is 33.2 Å². The van der Waals surface area contributed by atoms with E-state index in [0.29, 0.717) is 18.2 Å². The molecule has 1 saturated heterocycles. The highest BCUT2D eigenvalue weighted by molar-refractivity contribution is 9.10. The average Bonchev–Trinajstić information content (AvgIpc) is 2.97. The van der Waals surface area contributed by atoms with Crippen LogP contribution < -0.4 is 5.32 Å². The van der Waals surface area contributed by atoms with Crippen molar-refractivity contribution in [2.75, 3.05) is 13.1 Å². The number of nitrogens with one attached hydrogen (secondary N) is 1. The average molecular weight is 394 g/mol. The summed E-state index contributed by atoms with van der Waals surface area (Å²) in [7, 11) is 0. The van der Waals surface area contributed by atoms with E-state index >= 15 is 0 Å². The van der Waals surface area contributed by atoms with Crippen LogP contribution in [0.4, 0.5) is 4.79 Å². The molecule has 3 rings (SSSR count). The molecule has 1 aliphatic rings. The van der Waals surface area contributed by atoms with E-state index in [9.17, 15) is 9.90 Å². The lowest BCUT2D eigenvalue weighted by molar-refractivity contribution is -0.0817. The molecule has 2 heterocycles. The first-order valence-electron chi connectivity index (χ1n) is 7.95. The van der Waals surface area contributed by atoms with Crippen LogP contribution in [0.2, 0.25) is 0 Å². The fraction of sp³-hybridized carbons (Fsp3) is 0.412. The molecule has 0 radical (unpaired) electrons. The quantitative estimate of drug-likeness (QED) is 0.818. The largest absolute Gasteiger partial charge is 0.444 e. The molecule has 1 aromatic heterocycles. The third-order valence-corrected chi connectivity index (χ3v) is 4.53. The number of aliphatic hydroxyl groups is 1. The predicted octanol–water partition coefficient (Wildman–Crippen LogP) is 2.80. The molecule has 2 aromatic rings. The Morgan fingerprint density at radius 3 is 3.00 bits per heavy atom. The molecule has 2 N–H and O–H groups in total. The first-order chi connectivity index (χ1) is 11.5. The van der Waals surface area contributed by atoms with Gasteiger partial charge < -0.3 is 19.7 Å². The molecular weight excluding hydrogens is 374 g/mol. The monoisotopic (exact) mass is 393 g/mol. The van der Waals surface area contributed by atoms with Crippen molar-refractivity contribution in [3.8, 4) is 0 Å². The number of hydrogen-bond donors (Lipinski definition) is 2. The smallest absolute Gasteiger partial charge is 0.318 e. The van der Waals surface area contributed by atoms with Gasteiger partial charge in [0.05, 0.1) is 25.8 Å². The van der Waals surface area contributed by atoms with Gasteiger partial charge in [0, 0.05) is 10.9 Å². The van der Waals surface area contributed by atoms with Crippen LogP contribution >= 0.6 is 15.9 Å². The van der Waals surface area contributed by atoms with Gasteiger partial charge in [-0.3, -0.25) is 0 Å². The minimum atomic E-state index is -0.984. The lowest BCUT2D eigenvalue weighted by Gasteiger charge is -2.46. The van der Waals surface area contributed by atoms with Crippen LogP contribution in [-0.4, -0.2) is 34.1 Å². The number of amides is 2. The van der Waals surface area contributed by atoms with Crippen molar-refractivity contribution in [2.24, 2.45) is 0 Å². The van der Waals surface area contributed by atoms with Crippen molar-refractivity contribution in [3.05, 3.63) is 52.1 Å². The van der Waals surface area contributed by atoms with Crippen LogP contribution in [0.3, 0.4) is 0 Å². The molecule has 1 fully saturated rings. The molecule has 24 heavy (non-hydrogen) atoms. The Kier molecular flexibility index (Phi) is 4.91. The van der Waals surface area contributed by atoms with E-state index < -0.39 is 5.60 Å². The molecule has 2 amide bonds. The molecule has 0 bridgehead atoms. The summed E-state index contributed by atoms with van der Waals surface area (Å²) in [5, 5.41) is 13.4. The van der Waals surface area contributed by atoms with Crippen molar-refractivity contribution < 1.29 is 14.3 Å². The van der Waals surface area contributed by atoms with Crippen molar-refractivity contribution in [3.63, 3.8) is 0 Å². The number of hydrogen-bond acceptors (Lipinski definition) is 4. The second-order valence-electron chi connectivity index (χ2n) is 6.03. The minimum Gasteiger partial charge on any atom is -0.444 e. The molecule has 0 spiro atoms. The van der Waals surface area contributed by atoms with Gasteiger partial charge in [0.25, 0.3) is 0 Å². The number of likely N-dealkylation sites (tertiary alicyclic amines) is 1. The van der Waals surface area contributed by atoms with Gasteiger partial charge in [-0.2, -0.15) is 0 Å². The maximum absolute atomic E-state index is 12.1. The Morgan fingerprint density at radius 1 is 1.50 bits per heavy atom. The molecule has 7 heteroatoms. The first kappa shape index (κ1) is 17.0. The van der Waals surface area contributed by atoms with Crippen LogP contribution in [0.5, 0.6) is 0 Å². The highest BCUT2D eigenvalue weighted by Gasteiger charge is 2.45. The third-order valence-electron chi connectivity index (χ3n) is 4.03. The molecule has 0 saturated carbocycles. The number of rotatable bonds is 5. The van der Waals surface area contributed by atoms with Crippen molar-refractivity contribution in [2.45, 2.75) is 31.9 Å². The predicted molar refractivity (Wildman–Crippen MR) is 92.3 cm³/mol. The van der Waals surface area contributed by atoms with Crippen molar-refractivity contribution >= 4 is 22.0 Å². The third kappa shape index (κ3) is 3.62. The fourth-order valence-electron chi connectivity index (χ4n) is 2.72. The van der Waals surface area contributed by atoms with Gasteiger partial charge in [0.15, 0.2) is 5.89 Å². The lowest BCUT2D eigenvalue weighted by atomic mass is 9.86. The maximum Gasteiger partial charge on any atom is 0.318 e. The number of halogens is 1. The molecule has 1 aliphatic heterocycles. The summed E-state index contributed by atoms with van der Waals surface area (Å²) in [4.78, 5) is 17.9. The molecule has 0 unspecified atom stereocenters. The number of benzene rings is 1. The highest BCUT2D eigenvalue weighted by atomic mass is 79.9. The molecule has 128 valence electrons. The van der Waals surface area contributed by atoms with E-state index in [4.69, 9.17) is 4.42 Å². The number of aromatic nitrogens is 1. The van der Waals surface area contributed by atoms with Crippen LogP contribution in [0.1, 0.15) is 30.6 Å². The van der Waals surface area contributed by atoms with E-state index in [0.717, 1.165) is 22.9 Å². The zero-order valence-electron chi connectivity index (χ0n) is 13.5. The number of oxazole rings is 1. The normalized spacial score (nSPS) is 15.9. The molecule has 6 nitrogen and oxygen atoms in total. The molecule has 1 aromatic carbocycles. The number of aryl methyl sites for hydroxylation is 1. The van der Waals surface area contributed by atoms with E-state index in [1.54, 1.807) is 11.1 Å². The van der Waals surface area contributed by atoms with Gasteiger partial charge in [-0.25, -0.2) is 9.78 Å². The number of carbonyl (C=O) groups is 1. The summed E-state index contributed by atoms with van der Waals surface area (Å²) in [6, 6.07) is 7.30. The first-order valence-corrected chi connectivity index (χ1v) is 8.74. The standard InChI is InChI=1S/C17H20BrN3O3/c1-2-4-15-19-8-14(24-15)9-20-16(22)21-10-17(23,11-21)12-5-3-6-13(18)7-12/h3,5-8,23H,2,4,9-11H2,1H3,(H,20,22). The Labute approximate surface area is 149 Å². The summed E-state index contributed by atoms with van der Waals surface area (Å²) in [6.45, 7) is 2.89. The SMILES string of the molecule is CCCc1ncc(CNC(=O)N2CC(O)(c3cccc(Br)c3)C2)o1. The highest BCUT2D eigenvalue weighted by Crippen LogP contribution is 2.33. The summed E-state index contributed by atoms with van der Waals surface area (Å²) >= 11 is 3.40. The summed E-state index contributed by atoms with van der Waals surface area (Å²) in [5.74, 6) is 1.32. The van der Waals surface area contributed by atoms with E-state index in [1.807, 2.05) is 24.3 Å². The fourth-order valence-corrected chi connectivity index (χ4v) is 3.12. The summed E-state index contributed by atoms with van der Waals surface area (Å²) < 4.78 is 6.44. The van der Waals surface area contributed by atoms with Crippen molar-refractivity contribution in [1.82, 2.24) is 15.2 Å². The topological polar surface area (TPSA) is 78.6 Å². The number of carbonyl (C=O) groups excluding carboxylic acids is 1. The van der Waals surface area contributed by atoms with Crippen molar-refractivity contribution in [1.29, 1.82) is 0 Å². The van der Waals surface area contributed by atoms with Crippen LogP contribution in [0.25, 0.3) is 0 Å². The lowest BCUT2D eigenvalue weighted by Crippen LogP contribution is -2.63. The molecule has 0 atom stereocenters. The second kappa shape index (κ2) is 6.94. The zero-order chi connectivity index (χ0) is 17.2. The van der Waals surface area contributed by atoms with Gasteiger partial charge in [-0.05, 0) is 24.1 Å². The second-order valence-corrected chi connectivity index (χ2v) is 6.94. The maximum atomic E-state index is 12.1. The van der Waals surface area contributed by atoms with Gasteiger partial charge in [0.1, 0.15) is 11.4 Å². The Hall–Kier alpha value is -1.86. The van der Waals surface area contributed by atoms with E-state index in [1.165, 1.54) is 0 Å². The van der Waals surface area contributed by atoms with Gasteiger partial charge in [0.2, 0.25) is 0 Å². The number of urea groups is 1. The van der Waals surface area contributed by atoms with Gasteiger partial charge in [-0.15, -0.1) is 0 Å². The molecular formula is C17H20BrN3O3. The van der Waals surface area contributed by atoms with E-state index in [-0.39, 0.29) is 19.1 Å². The summed E-state index contributed by atoms with van der Waals surface area (Å²) in [6.07, 6.45) is 3.40. The van der Waals surface area contributed by atoms with Gasteiger partial charge in [-0.1, -0.05) is 35.0 Å². The Morgan fingerprint density at radius 2 is 2.29 bits per heavy atom. The van der Waals surface area contributed by atoms with Crippen LogP contribution in [0, 0.1) is 0 Å². The number of β-amino-alcohol motifs (C(OH)–C–C–N with tert-alkyl or cyclic N) is 1. The summed E-state index contributed by atoms with van der Waals surface area (Å²) in [5.41, 5.74) is -0.179. The van der Waals surface area contributed by atoms with Crippen LogP contribution in [-0.2, 0) is 18.6 Å².